The minimum absolute atomic E-state index is 0.196. The lowest BCUT2D eigenvalue weighted by Crippen LogP contribution is -2.26. The minimum Gasteiger partial charge on any atom is -0.223 e. The lowest BCUT2D eigenvalue weighted by molar-refractivity contribution is -0.179. The van der Waals surface area contributed by atoms with Gasteiger partial charge in [0.05, 0.1) is 7.11 Å². The summed E-state index contributed by atoms with van der Waals surface area (Å²) < 4.78 is 47.4. The topological polar surface area (TPSA) is 52.6 Å². The maximum Gasteiger partial charge on any atom is 0.369 e. The summed E-state index contributed by atoms with van der Waals surface area (Å²) in [5.41, 5.74) is 0. The van der Waals surface area contributed by atoms with E-state index in [1.807, 2.05) is 0 Å². The molecule has 0 amide bonds. The summed E-state index contributed by atoms with van der Waals surface area (Å²) in [6.45, 7) is 0.196. The van der Waals surface area contributed by atoms with Crippen molar-refractivity contribution < 1.29 is 26.4 Å². The standard InChI is InChI=1S/C3H6F2O4S/c1-3(4,5)10(6,7)9-8-2/h1-2H3. The van der Waals surface area contributed by atoms with Gasteiger partial charge in [-0.3, -0.25) is 0 Å². The Morgan fingerprint density at radius 3 is 1.90 bits per heavy atom. The molecule has 0 aliphatic carbocycles. The quantitative estimate of drug-likeness (QED) is 0.464. The largest absolute Gasteiger partial charge is 0.369 e. The van der Waals surface area contributed by atoms with Gasteiger partial charge in [-0.2, -0.15) is 17.2 Å². The molecule has 0 rings (SSSR count). The number of hydrogen-bond donors (Lipinski definition) is 0. The van der Waals surface area contributed by atoms with Crippen molar-refractivity contribution in [1.82, 2.24) is 0 Å². The van der Waals surface area contributed by atoms with Crippen molar-refractivity contribution >= 4 is 10.1 Å². The second kappa shape index (κ2) is 2.77. The maximum atomic E-state index is 11.9. The van der Waals surface area contributed by atoms with Crippen LogP contribution in [-0.2, 0) is 19.3 Å². The Bertz CT molecular complexity index is 191. The Kier molecular flexibility index (Phi) is 2.69. The molecular formula is C3H6F2O4S. The number of halogens is 2. The zero-order chi connectivity index (χ0) is 8.41. The van der Waals surface area contributed by atoms with Crippen molar-refractivity contribution in [2.24, 2.45) is 0 Å². The first-order valence-electron chi connectivity index (χ1n) is 2.16. The average Bonchev–Trinajstić information content (AvgIpc) is 1.61. The van der Waals surface area contributed by atoms with Gasteiger partial charge in [-0.05, 0) is 0 Å². The summed E-state index contributed by atoms with van der Waals surface area (Å²) in [6, 6.07) is 0. The molecule has 0 saturated carbocycles. The second-order valence-electron chi connectivity index (χ2n) is 1.50. The molecule has 0 aromatic heterocycles. The lowest BCUT2D eigenvalue weighted by atomic mass is 10.9. The fraction of sp³-hybridized carbons (Fsp3) is 1.00. The van der Waals surface area contributed by atoms with Crippen LogP contribution in [0, 0.1) is 0 Å². The molecule has 0 radical (unpaired) electrons. The fourth-order valence-electron chi connectivity index (χ4n) is 0.149. The van der Waals surface area contributed by atoms with Crippen LogP contribution in [-0.4, -0.2) is 20.8 Å². The Labute approximate surface area is 56.8 Å². The van der Waals surface area contributed by atoms with Crippen molar-refractivity contribution in [3.05, 3.63) is 0 Å². The normalized spacial score (nSPS) is 13.6. The summed E-state index contributed by atoms with van der Waals surface area (Å²) in [5.74, 6) is 0. The molecule has 0 aromatic rings. The molecule has 0 aromatic carbocycles. The number of alkyl halides is 2. The second-order valence-corrected chi connectivity index (χ2v) is 3.26. The third-order valence-corrected chi connectivity index (χ3v) is 1.79. The first kappa shape index (κ1) is 9.73. The van der Waals surface area contributed by atoms with Crippen LogP contribution in [0.2, 0.25) is 0 Å². The molecular weight excluding hydrogens is 170 g/mol. The van der Waals surface area contributed by atoms with Crippen LogP contribution in [0.15, 0.2) is 0 Å². The Morgan fingerprint density at radius 2 is 1.80 bits per heavy atom. The van der Waals surface area contributed by atoms with Gasteiger partial charge in [-0.25, -0.2) is 4.89 Å². The molecule has 7 heteroatoms. The molecule has 0 saturated heterocycles. The molecule has 0 spiro atoms. The van der Waals surface area contributed by atoms with Crippen molar-refractivity contribution in [3.8, 4) is 0 Å². The van der Waals surface area contributed by atoms with Gasteiger partial charge in [0, 0.05) is 6.92 Å². The molecule has 0 fully saturated rings. The first-order valence-corrected chi connectivity index (χ1v) is 3.57. The molecule has 0 aliphatic heterocycles. The molecule has 62 valence electrons. The maximum absolute atomic E-state index is 11.9. The van der Waals surface area contributed by atoms with Gasteiger partial charge in [0.1, 0.15) is 0 Å². The molecule has 0 bridgehead atoms. The van der Waals surface area contributed by atoms with E-state index in [-0.39, 0.29) is 6.92 Å². The van der Waals surface area contributed by atoms with Crippen molar-refractivity contribution in [2.45, 2.75) is 12.2 Å². The van der Waals surface area contributed by atoms with E-state index in [0.717, 1.165) is 7.11 Å². The van der Waals surface area contributed by atoms with E-state index in [0.29, 0.717) is 0 Å². The highest BCUT2D eigenvalue weighted by molar-refractivity contribution is 7.87. The average molecular weight is 176 g/mol. The van der Waals surface area contributed by atoms with Crippen LogP contribution in [0.25, 0.3) is 0 Å². The van der Waals surface area contributed by atoms with Crippen molar-refractivity contribution in [3.63, 3.8) is 0 Å². The van der Waals surface area contributed by atoms with Crippen LogP contribution in [0.1, 0.15) is 6.92 Å². The molecule has 4 nitrogen and oxygen atoms in total. The van der Waals surface area contributed by atoms with E-state index in [9.17, 15) is 17.2 Å². The zero-order valence-corrected chi connectivity index (χ0v) is 6.11. The Hall–Kier alpha value is -0.270. The molecule has 10 heavy (non-hydrogen) atoms. The fourth-order valence-corrected chi connectivity index (χ4v) is 0.448. The summed E-state index contributed by atoms with van der Waals surface area (Å²) in [6.07, 6.45) is 0. The van der Waals surface area contributed by atoms with Crippen LogP contribution in [0.4, 0.5) is 8.78 Å². The van der Waals surface area contributed by atoms with Gasteiger partial charge in [0.2, 0.25) is 0 Å². The third kappa shape index (κ3) is 2.16. The van der Waals surface area contributed by atoms with Gasteiger partial charge in [-0.15, -0.1) is 4.33 Å². The van der Waals surface area contributed by atoms with E-state index >= 15 is 0 Å². The zero-order valence-electron chi connectivity index (χ0n) is 5.30. The summed E-state index contributed by atoms with van der Waals surface area (Å²) in [7, 11) is -4.08. The van der Waals surface area contributed by atoms with Crippen LogP contribution >= 0.6 is 0 Å². The lowest BCUT2D eigenvalue weighted by Gasteiger charge is -2.07. The Morgan fingerprint density at radius 1 is 1.40 bits per heavy atom. The van der Waals surface area contributed by atoms with Crippen molar-refractivity contribution in [2.75, 3.05) is 7.11 Å². The van der Waals surface area contributed by atoms with Gasteiger partial charge < -0.3 is 0 Å². The highest BCUT2D eigenvalue weighted by Crippen LogP contribution is 2.21. The van der Waals surface area contributed by atoms with E-state index < -0.39 is 15.4 Å². The van der Waals surface area contributed by atoms with Crippen LogP contribution < -0.4 is 0 Å². The number of hydrogen-bond acceptors (Lipinski definition) is 4. The molecule has 0 N–H and O–H groups in total. The predicted octanol–water partition coefficient (Wildman–Crippen LogP) is 0.507. The van der Waals surface area contributed by atoms with Crippen LogP contribution in [0.5, 0.6) is 0 Å². The summed E-state index contributed by atoms with van der Waals surface area (Å²) in [5, 5.41) is -3.93. The highest BCUT2D eigenvalue weighted by Gasteiger charge is 2.41. The van der Waals surface area contributed by atoms with Gasteiger partial charge in [0.25, 0.3) is 0 Å². The van der Waals surface area contributed by atoms with Crippen LogP contribution in [0.3, 0.4) is 0 Å². The van der Waals surface area contributed by atoms with Gasteiger partial charge >= 0.3 is 15.4 Å². The minimum atomic E-state index is -4.90. The van der Waals surface area contributed by atoms with E-state index in [1.165, 1.54) is 0 Å². The van der Waals surface area contributed by atoms with Gasteiger partial charge in [0.15, 0.2) is 0 Å². The molecule has 0 aliphatic rings. The summed E-state index contributed by atoms with van der Waals surface area (Å²) in [4.78, 5) is 3.57. The molecule has 0 atom stereocenters. The monoisotopic (exact) mass is 176 g/mol. The van der Waals surface area contributed by atoms with Gasteiger partial charge in [-0.1, -0.05) is 0 Å². The van der Waals surface area contributed by atoms with E-state index in [4.69, 9.17) is 0 Å². The molecule has 0 heterocycles. The smallest absolute Gasteiger partial charge is 0.223 e. The SMILES string of the molecule is COOS(=O)(=O)C(C)(F)F. The Balaban J connectivity index is 4.44. The highest BCUT2D eigenvalue weighted by atomic mass is 32.2. The molecule has 0 unspecified atom stereocenters. The summed E-state index contributed by atoms with van der Waals surface area (Å²) >= 11 is 0. The van der Waals surface area contributed by atoms with E-state index in [1.54, 1.807) is 0 Å². The van der Waals surface area contributed by atoms with E-state index in [2.05, 4.69) is 9.22 Å². The van der Waals surface area contributed by atoms with Crippen molar-refractivity contribution in [1.29, 1.82) is 0 Å². The number of rotatable bonds is 3. The first-order chi connectivity index (χ1) is 4.31. The third-order valence-electron chi connectivity index (χ3n) is 0.597. The predicted molar refractivity (Wildman–Crippen MR) is 27.6 cm³/mol.